The van der Waals surface area contributed by atoms with Gasteiger partial charge in [0.2, 0.25) is 12.2 Å². The topological polar surface area (TPSA) is 58.9 Å². The van der Waals surface area contributed by atoms with Crippen LogP contribution in [0.5, 0.6) is 0 Å². The van der Waals surface area contributed by atoms with Crippen LogP contribution in [0.25, 0.3) is 0 Å². The Labute approximate surface area is 83.1 Å². The van der Waals surface area contributed by atoms with Gasteiger partial charge in [0.25, 0.3) is 0 Å². The maximum Gasteiger partial charge on any atom is 0.234 e. The predicted molar refractivity (Wildman–Crippen MR) is 51.4 cm³/mol. The van der Waals surface area contributed by atoms with Gasteiger partial charge in [0.1, 0.15) is 0 Å². The third kappa shape index (κ3) is 3.65. The fraction of sp³-hybridized carbons (Fsp3) is 0.800. The van der Waals surface area contributed by atoms with Gasteiger partial charge in [-0.2, -0.15) is 0 Å². The molecule has 0 amide bonds. The van der Waals surface area contributed by atoms with Crippen molar-refractivity contribution in [1.29, 1.82) is 0 Å². The molecule has 2 atom stereocenters. The maximum atomic E-state index is 9.94. The summed E-state index contributed by atoms with van der Waals surface area (Å²) in [5.41, 5.74) is 0. The Balaban J connectivity index is 2.34. The summed E-state index contributed by atoms with van der Waals surface area (Å²) in [4.78, 5) is 27.1. The predicted octanol–water partition coefficient (Wildman–Crippen LogP) is 1.46. The molecule has 1 rings (SSSR count). The van der Waals surface area contributed by atoms with Gasteiger partial charge in [0.15, 0.2) is 0 Å². The second-order valence-electron chi connectivity index (χ2n) is 3.76. The molecule has 0 N–H and O–H groups in total. The fourth-order valence-corrected chi connectivity index (χ4v) is 2.07. The van der Waals surface area contributed by atoms with Crippen molar-refractivity contribution in [3.63, 3.8) is 0 Å². The van der Waals surface area contributed by atoms with Crippen molar-refractivity contribution in [3.05, 3.63) is 0 Å². The molecule has 1 fully saturated rings. The van der Waals surface area contributed by atoms with E-state index in [9.17, 15) is 9.59 Å². The molecule has 4 heteroatoms. The van der Waals surface area contributed by atoms with Crippen LogP contribution in [0.3, 0.4) is 0 Å². The van der Waals surface area contributed by atoms with E-state index in [1.165, 1.54) is 0 Å². The Morgan fingerprint density at radius 3 is 1.93 bits per heavy atom. The summed E-state index contributed by atoms with van der Waals surface area (Å²) in [6.45, 7) is 1.15. The Morgan fingerprint density at radius 2 is 1.50 bits per heavy atom. The van der Waals surface area contributed by atoms with E-state index in [0.29, 0.717) is 24.9 Å². The van der Waals surface area contributed by atoms with E-state index >= 15 is 0 Å². The minimum absolute atomic E-state index is 0.469. The number of carbonyl (C=O) groups excluding carboxylic acids is 2. The molecule has 0 spiro atoms. The normalized spacial score (nSPS) is 26.0. The van der Waals surface area contributed by atoms with Crippen molar-refractivity contribution in [1.82, 2.24) is 0 Å². The highest BCUT2D eigenvalue weighted by molar-refractivity contribution is 5.33. The minimum Gasteiger partial charge on any atom is -0.211 e. The van der Waals surface area contributed by atoms with Crippen LogP contribution in [0.1, 0.15) is 25.7 Å². The molecular formula is C10H14N2O2. The molecule has 0 bridgehead atoms. The average Bonchev–Trinajstić information content (AvgIpc) is 2.24. The van der Waals surface area contributed by atoms with E-state index in [4.69, 9.17) is 0 Å². The van der Waals surface area contributed by atoms with Crippen LogP contribution < -0.4 is 0 Å². The molecule has 1 aliphatic carbocycles. The number of isocyanates is 2. The highest BCUT2D eigenvalue weighted by Gasteiger charge is 2.21. The highest BCUT2D eigenvalue weighted by atomic mass is 16.1. The first-order chi connectivity index (χ1) is 6.86. The van der Waals surface area contributed by atoms with E-state index in [0.717, 1.165) is 25.7 Å². The zero-order valence-corrected chi connectivity index (χ0v) is 8.11. The van der Waals surface area contributed by atoms with Gasteiger partial charge >= 0.3 is 0 Å². The molecule has 0 aromatic carbocycles. The Morgan fingerprint density at radius 1 is 1.00 bits per heavy atom. The molecule has 0 aromatic rings. The lowest BCUT2D eigenvalue weighted by Gasteiger charge is -2.26. The van der Waals surface area contributed by atoms with E-state index in [-0.39, 0.29) is 0 Å². The van der Waals surface area contributed by atoms with Crippen molar-refractivity contribution < 1.29 is 9.59 Å². The minimum atomic E-state index is 0.469. The number of nitrogens with zero attached hydrogens (tertiary/aromatic N) is 2. The van der Waals surface area contributed by atoms with Gasteiger partial charge in [0.05, 0.1) is 13.1 Å². The smallest absolute Gasteiger partial charge is 0.211 e. The van der Waals surface area contributed by atoms with Crippen molar-refractivity contribution in [2.45, 2.75) is 25.7 Å². The average molecular weight is 194 g/mol. The van der Waals surface area contributed by atoms with Gasteiger partial charge in [-0.25, -0.2) is 19.6 Å². The fourth-order valence-electron chi connectivity index (χ4n) is 2.07. The third-order valence-electron chi connectivity index (χ3n) is 2.72. The molecule has 4 nitrogen and oxygen atoms in total. The quantitative estimate of drug-likeness (QED) is 0.502. The van der Waals surface area contributed by atoms with Crippen molar-refractivity contribution >= 4 is 12.2 Å². The molecule has 1 unspecified atom stereocenters. The maximum absolute atomic E-state index is 9.94. The molecule has 0 heterocycles. The van der Waals surface area contributed by atoms with Crippen LogP contribution in [0.2, 0.25) is 0 Å². The Kier molecular flexibility index (Phi) is 4.84. The Hall–Kier alpha value is -1.24. The SMILES string of the molecule is O=C=NCC1CCC[C@H](CN=C=O)C1. The van der Waals surface area contributed by atoms with Crippen LogP contribution in [0.15, 0.2) is 9.98 Å². The van der Waals surface area contributed by atoms with Crippen molar-refractivity contribution in [2.75, 3.05) is 13.1 Å². The third-order valence-corrected chi connectivity index (χ3v) is 2.72. The number of hydrogen-bond donors (Lipinski definition) is 0. The Bertz CT molecular complexity index is 239. The lowest BCUT2D eigenvalue weighted by Crippen LogP contribution is -2.19. The summed E-state index contributed by atoms with van der Waals surface area (Å²) < 4.78 is 0. The van der Waals surface area contributed by atoms with Crippen molar-refractivity contribution in [3.8, 4) is 0 Å². The van der Waals surface area contributed by atoms with E-state index in [2.05, 4.69) is 9.98 Å². The lowest BCUT2D eigenvalue weighted by molar-refractivity contribution is 0.278. The van der Waals surface area contributed by atoms with Gasteiger partial charge in [0, 0.05) is 0 Å². The molecule has 76 valence electrons. The standard InChI is InChI=1S/C10H14N2O2/c13-7-11-5-9-2-1-3-10(4-9)6-12-8-14/h9-10H,1-6H2/t9-,10?/m0/s1. The zero-order valence-electron chi connectivity index (χ0n) is 8.11. The first-order valence-corrected chi connectivity index (χ1v) is 4.94. The molecule has 0 aliphatic heterocycles. The highest BCUT2D eigenvalue weighted by Crippen LogP contribution is 2.29. The largest absolute Gasteiger partial charge is 0.234 e. The summed E-state index contributed by atoms with van der Waals surface area (Å²) in [6.07, 6.45) is 7.51. The summed E-state index contributed by atoms with van der Waals surface area (Å²) >= 11 is 0. The van der Waals surface area contributed by atoms with Gasteiger partial charge in [-0.3, -0.25) is 0 Å². The molecule has 0 saturated heterocycles. The molecule has 14 heavy (non-hydrogen) atoms. The monoisotopic (exact) mass is 194 g/mol. The van der Waals surface area contributed by atoms with Gasteiger partial charge < -0.3 is 0 Å². The summed E-state index contributed by atoms with van der Waals surface area (Å²) in [7, 11) is 0. The molecule has 1 aliphatic rings. The summed E-state index contributed by atoms with van der Waals surface area (Å²) in [5.74, 6) is 0.939. The number of rotatable bonds is 4. The molecule has 0 aromatic heterocycles. The number of hydrogen-bond acceptors (Lipinski definition) is 4. The van der Waals surface area contributed by atoms with E-state index < -0.39 is 0 Å². The zero-order chi connectivity index (χ0) is 10.2. The van der Waals surface area contributed by atoms with E-state index in [1.807, 2.05) is 0 Å². The molecular weight excluding hydrogens is 180 g/mol. The lowest BCUT2D eigenvalue weighted by atomic mass is 9.81. The summed E-state index contributed by atoms with van der Waals surface area (Å²) in [6, 6.07) is 0. The first kappa shape index (κ1) is 10.8. The van der Waals surface area contributed by atoms with E-state index in [1.54, 1.807) is 12.2 Å². The van der Waals surface area contributed by atoms with Gasteiger partial charge in [-0.15, -0.1) is 0 Å². The first-order valence-electron chi connectivity index (χ1n) is 4.94. The number of aliphatic imine (C=N–C) groups is 2. The molecule has 1 saturated carbocycles. The summed E-state index contributed by atoms with van der Waals surface area (Å²) in [5, 5.41) is 0. The van der Waals surface area contributed by atoms with Crippen LogP contribution >= 0.6 is 0 Å². The van der Waals surface area contributed by atoms with Gasteiger partial charge in [-0.05, 0) is 31.1 Å². The van der Waals surface area contributed by atoms with Crippen LogP contribution in [-0.2, 0) is 9.59 Å². The van der Waals surface area contributed by atoms with Crippen LogP contribution in [0.4, 0.5) is 0 Å². The second kappa shape index (κ2) is 6.25. The van der Waals surface area contributed by atoms with Crippen molar-refractivity contribution in [2.24, 2.45) is 21.8 Å². The second-order valence-corrected chi connectivity index (χ2v) is 3.76. The van der Waals surface area contributed by atoms with Crippen LogP contribution in [-0.4, -0.2) is 25.2 Å². The van der Waals surface area contributed by atoms with Crippen LogP contribution in [0, 0.1) is 11.8 Å². The van der Waals surface area contributed by atoms with Gasteiger partial charge in [-0.1, -0.05) is 6.42 Å². The molecule has 0 radical (unpaired) electrons.